The van der Waals surface area contributed by atoms with Crippen molar-refractivity contribution in [1.29, 1.82) is 0 Å². The van der Waals surface area contributed by atoms with E-state index in [4.69, 9.17) is 0 Å². The molecule has 1 aromatic carbocycles. The molecule has 1 aliphatic heterocycles. The van der Waals surface area contributed by atoms with Crippen LogP contribution >= 0.6 is 0 Å². The van der Waals surface area contributed by atoms with Crippen molar-refractivity contribution in [3.63, 3.8) is 0 Å². The van der Waals surface area contributed by atoms with Gasteiger partial charge in [-0.3, -0.25) is 4.99 Å². The van der Waals surface area contributed by atoms with Crippen LogP contribution in [-0.4, -0.2) is 43.4 Å². The van der Waals surface area contributed by atoms with Gasteiger partial charge in [-0.15, -0.1) is 13.2 Å². The molecule has 1 N–H and O–H groups in total. The number of benzene rings is 1. The molecule has 1 heterocycles. The zero-order valence-corrected chi connectivity index (χ0v) is 14.7. The molecule has 0 bridgehead atoms. The molecule has 1 aromatic rings. The fraction of sp³-hybridized carbons (Fsp3) is 0.611. The number of likely N-dealkylation sites (tertiary alicyclic amines) is 1. The lowest BCUT2D eigenvalue weighted by Crippen LogP contribution is -2.42. The number of para-hydroxylation sites is 1. The summed E-state index contributed by atoms with van der Waals surface area (Å²) in [4.78, 5) is 6.56. The standard InChI is InChI=1S/C18H24F3N3O/c1-17(2)8-9-24(11-17)16(22-3)23-14-10-13(14)12-6-4-5-7-15(12)25-18(19,20)21/h4-7,13-14H,8-11H2,1-3H3,(H,22,23). The number of rotatable bonds is 3. The molecule has 1 aliphatic carbocycles. The third kappa shape index (κ3) is 4.38. The molecule has 138 valence electrons. The summed E-state index contributed by atoms with van der Waals surface area (Å²) in [5.41, 5.74) is 0.850. The number of ether oxygens (including phenoxy) is 1. The molecule has 0 radical (unpaired) electrons. The van der Waals surface area contributed by atoms with Crippen molar-refractivity contribution in [1.82, 2.24) is 10.2 Å². The Balaban J connectivity index is 1.65. The highest BCUT2D eigenvalue weighted by atomic mass is 19.4. The number of hydrogen-bond acceptors (Lipinski definition) is 2. The third-order valence-electron chi connectivity index (χ3n) is 4.84. The summed E-state index contributed by atoms with van der Waals surface area (Å²) in [6.45, 7) is 6.32. The van der Waals surface area contributed by atoms with Crippen molar-refractivity contribution in [2.24, 2.45) is 10.4 Å². The van der Waals surface area contributed by atoms with Crippen molar-refractivity contribution in [3.05, 3.63) is 29.8 Å². The summed E-state index contributed by atoms with van der Waals surface area (Å²) < 4.78 is 41.9. The van der Waals surface area contributed by atoms with Gasteiger partial charge in [-0.25, -0.2) is 0 Å². The van der Waals surface area contributed by atoms with Gasteiger partial charge < -0.3 is 15.0 Å². The second-order valence-corrected chi connectivity index (χ2v) is 7.56. The van der Waals surface area contributed by atoms with Crippen molar-refractivity contribution >= 4 is 5.96 Å². The maximum absolute atomic E-state index is 12.6. The Morgan fingerprint density at radius 2 is 2.04 bits per heavy atom. The molecule has 2 unspecified atom stereocenters. The molecule has 2 fully saturated rings. The van der Waals surface area contributed by atoms with Gasteiger partial charge in [-0.2, -0.15) is 0 Å². The first kappa shape index (κ1) is 17.9. The topological polar surface area (TPSA) is 36.9 Å². The van der Waals surface area contributed by atoms with Crippen LogP contribution in [0.2, 0.25) is 0 Å². The molecule has 1 saturated heterocycles. The average molecular weight is 355 g/mol. The maximum Gasteiger partial charge on any atom is 0.573 e. The van der Waals surface area contributed by atoms with Crippen LogP contribution in [0.3, 0.4) is 0 Å². The molecular weight excluding hydrogens is 331 g/mol. The predicted octanol–water partition coefficient (Wildman–Crippen LogP) is 3.75. The van der Waals surface area contributed by atoms with Gasteiger partial charge in [0.05, 0.1) is 0 Å². The van der Waals surface area contributed by atoms with Crippen LogP contribution in [0.1, 0.15) is 38.2 Å². The lowest BCUT2D eigenvalue weighted by atomic mass is 9.93. The first-order valence-electron chi connectivity index (χ1n) is 8.51. The second-order valence-electron chi connectivity index (χ2n) is 7.56. The van der Waals surface area contributed by atoms with Crippen LogP contribution < -0.4 is 10.1 Å². The molecule has 2 atom stereocenters. The molecule has 4 nitrogen and oxygen atoms in total. The Morgan fingerprint density at radius 3 is 2.64 bits per heavy atom. The van der Waals surface area contributed by atoms with Gasteiger partial charge in [0.2, 0.25) is 0 Å². The van der Waals surface area contributed by atoms with Crippen LogP contribution in [0.5, 0.6) is 5.75 Å². The summed E-state index contributed by atoms with van der Waals surface area (Å²) in [5.74, 6) is 0.722. The molecule has 0 amide bonds. The summed E-state index contributed by atoms with van der Waals surface area (Å²) in [5, 5.41) is 3.40. The van der Waals surface area contributed by atoms with Crippen LogP contribution in [0.4, 0.5) is 13.2 Å². The Bertz CT molecular complexity index is 657. The van der Waals surface area contributed by atoms with E-state index in [1.807, 2.05) is 0 Å². The Labute approximate surface area is 146 Å². The van der Waals surface area contributed by atoms with E-state index >= 15 is 0 Å². The lowest BCUT2D eigenvalue weighted by Gasteiger charge is -2.24. The van der Waals surface area contributed by atoms with Crippen molar-refractivity contribution < 1.29 is 17.9 Å². The van der Waals surface area contributed by atoms with Gasteiger partial charge in [-0.1, -0.05) is 32.0 Å². The number of hydrogen-bond donors (Lipinski definition) is 1. The van der Waals surface area contributed by atoms with E-state index in [9.17, 15) is 13.2 Å². The summed E-state index contributed by atoms with van der Waals surface area (Å²) >= 11 is 0. The number of nitrogens with one attached hydrogen (secondary N) is 1. The maximum atomic E-state index is 12.6. The van der Waals surface area contributed by atoms with Gasteiger partial charge in [0.25, 0.3) is 0 Å². The molecule has 2 aliphatic rings. The summed E-state index contributed by atoms with van der Waals surface area (Å²) in [6.07, 6.45) is -2.80. The van der Waals surface area contributed by atoms with Crippen LogP contribution in [0, 0.1) is 5.41 Å². The predicted molar refractivity (Wildman–Crippen MR) is 90.7 cm³/mol. The SMILES string of the molecule is CN=C(NC1CC1c1ccccc1OC(F)(F)F)N1CCC(C)(C)C1. The van der Waals surface area contributed by atoms with Gasteiger partial charge in [0.15, 0.2) is 5.96 Å². The van der Waals surface area contributed by atoms with Crippen LogP contribution in [-0.2, 0) is 0 Å². The summed E-state index contributed by atoms with van der Waals surface area (Å²) in [7, 11) is 1.74. The van der Waals surface area contributed by atoms with E-state index in [-0.39, 0.29) is 23.1 Å². The Kier molecular flexibility index (Phi) is 4.60. The molecule has 3 rings (SSSR count). The van der Waals surface area contributed by atoms with Crippen molar-refractivity contribution in [3.8, 4) is 5.75 Å². The minimum Gasteiger partial charge on any atom is -0.405 e. The smallest absolute Gasteiger partial charge is 0.405 e. The van der Waals surface area contributed by atoms with E-state index in [2.05, 4.69) is 33.8 Å². The minimum atomic E-state index is -4.68. The fourth-order valence-corrected chi connectivity index (χ4v) is 3.46. The summed E-state index contributed by atoms with van der Waals surface area (Å²) in [6, 6.07) is 6.46. The Hall–Kier alpha value is -1.92. The van der Waals surface area contributed by atoms with E-state index in [1.54, 1.807) is 25.2 Å². The highest BCUT2D eigenvalue weighted by Gasteiger charge is 2.43. The highest BCUT2D eigenvalue weighted by molar-refractivity contribution is 5.81. The van der Waals surface area contributed by atoms with Crippen molar-refractivity contribution in [2.45, 2.75) is 45.0 Å². The van der Waals surface area contributed by atoms with E-state index < -0.39 is 6.36 Å². The normalized spacial score (nSPS) is 25.8. The molecule has 25 heavy (non-hydrogen) atoms. The van der Waals surface area contributed by atoms with Gasteiger partial charge >= 0.3 is 6.36 Å². The van der Waals surface area contributed by atoms with E-state index in [0.717, 1.165) is 31.9 Å². The number of halogens is 3. The zero-order chi connectivity index (χ0) is 18.2. The van der Waals surface area contributed by atoms with E-state index in [0.29, 0.717) is 5.56 Å². The third-order valence-corrected chi connectivity index (χ3v) is 4.84. The Morgan fingerprint density at radius 1 is 1.32 bits per heavy atom. The molecule has 7 heteroatoms. The number of alkyl halides is 3. The van der Waals surface area contributed by atoms with Crippen LogP contribution in [0.15, 0.2) is 29.3 Å². The lowest BCUT2D eigenvalue weighted by molar-refractivity contribution is -0.274. The largest absolute Gasteiger partial charge is 0.573 e. The van der Waals surface area contributed by atoms with Gasteiger partial charge in [0, 0.05) is 32.1 Å². The molecule has 0 aromatic heterocycles. The number of guanidine groups is 1. The molecule has 1 saturated carbocycles. The van der Waals surface area contributed by atoms with Gasteiger partial charge in [-0.05, 0) is 29.9 Å². The van der Waals surface area contributed by atoms with Gasteiger partial charge in [0.1, 0.15) is 5.75 Å². The van der Waals surface area contributed by atoms with Crippen LogP contribution in [0.25, 0.3) is 0 Å². The quantitative estimate of drug-likeness (QED) is 0.663. The fourth-order valence-electron chi connectivity index (χ4n) is 3.46. The average Bonchev–Trinajstić information content (AvgIpc) is 3.18. The number of nitrogens with zero attached hydrogens (tertiary/aromatic N) is 2. The van der Waals surface area contributed by atoms with Crippen molar-refractivity contribution in [2.75, 3.05) is 20.1 Å². The minimum absolute atomic E-state index is 0.00548. The first-order valence-corrected chi connectivity index (χ1v) is 8.51. The number of aliphatic imine (C=N–C) groups is 1. The molecule has 0 spiro atoms. The zero-order valence-electron chi connectivity index (χ0n) is 14.7. The molecular formula is C18H24F3N3O. The second kappa shape index (κ2) is 6.42. The highest BCUT2D eigenvalue weighted by Crippen LogP contribution is 2.45. The first-order chi connectivity index (χ1) is 11.7. The van der Waals surface area contributed by atoms with E-state index in [1.165, 1.54) is 6.07 Å². The monoisotopic (exact) mass is 355 g/mol.